The largest absolute Gasteiger partial charge is 0.465 e. The Morgan fingerprint density at radius 2 is 0.337 bits per heavy atom. The summed E-state index contributed by atoms with van der Waals surface area (Å²) >= 11 is 0. The second-order valence-electron chi connectivity index (χ2n) is 32.8. The van der Waals surface area contributed by atoms with Crippen molar-refractivity contribution < 1.29 is 38.1 Å². The van der Waals surface area contributed by atoms with E-state index in [9.17, 15) is 19.2 Å². The van der Waals surface area contributed by atoms with Crippen molar-refractivity contribution in [3.05, 3.63) is 0 Å². The molecule has 0 saturated carbocycles. The van der Waals surface area contributed by atoms with Crippen molar-refractivity contribution in [1.82, 2.24) is 0 Å². The fraction of sp³-hybridized carbons (Fsp3) is 0.957. The number of carbonyl (C=O) groups is 4. The first-order chi connectivity index (χ1) is 49.7. The minimum Gasteiger partial charge on any atom is -0.465 e. The first-order valence-corrected chi connectivity index (χ1v) is 46.4. The molecule has 0 spiro atoms. The standard InChI is InChI=1S/C93H180O8/c1-6-10-14-18-22-26-30-34-38-42-45-49-53-57-61-65-69-73-77-81-89(94)98-84-93(85-99-90(95)82-78-74-70-66-62-58-54-50-46-43-39-35-31-27-23-19-15-11-7-2,86-100-91(96)83-79-75-71-67-63-59-55-51-47-44-40-36-32-28-24-20-16-12-8-3)87-101-92(97)88(5)80-76-72-68-64-60-56-52-48-41-37-33-29-25-21-17-13-9-4/h88H,6-87H2,1-5H3. The summed E-state index contributed by atoms with van der Waals surface area (Å²) in [6, 6.07) is 0. The molecule has 0 aliphatic rings. The van der Waals surface area contributed by atoms with Gasteiger partial charge in [-0.25, -0.2) is 0 Å². The number of hydrogen-bond donors (Lipinski definition) is 0. The number of carbonyl (C=O) groups excluding carboxylic acids is 4. The van der Waals surface area contributed by atoms with Crippen molar-refractivity contribution in [2.24, 2.45) is 11.3 Å². The Morgan fingerprint density at radius 3 is 0.505 bits per heavy atom. The van der Waals surface area contributed by atoms with Crippen molar-refractivity contribution in [3.63, 3.8) is 0 Å². The van der Waals surface area contributed by atoms with Gasteiger partial charge in [-0.05, 0) is 25.7 Å². The van der Waals surface area contributed by atoms with Crippen LogP contribution in [0.15, 0.2) is 0 Å². The lowest BCUT2D eigenvalue weighted by molar-refractivity contribution is -0.172. The van der Waals surface area contributed by atoms with E-state index in [1.54, 1.807) is 0 Å². The van der Waals surface area contributed by atoms with Gasteiger partial charge in [-0.2, -0.15) is 0 Å². The first-order valence-electron chi connectivity index (χ1n) is 46.4. The highest BCUT2D eigenvalue weighted by Crippen LogP contribution is 2.27. The van der Waals surface area contributed by atoms with Crippen molar-refractivity contribution in [2.75, 3.05) is 26.4 Å². The van der Waals surface area contributed by atoms with Crippen molar-refractivity contribution >= 4 is 23.9 Å². The van der Waals surface area contributed by atoms with Gasteiger partial charge in [0.15, 0.2) is 0 Å². The van der Waals surface area contributed by atoms with E-state index in [4.69, 9.17) is 18.9 Å². The van der Waals surface area contributed by atoms with Crippen LogP contribution in [0, 0.1) is 11.3 Å². The topological polar surface area (TPSA) is 105 Å². The van der Waals surface area contributed by atoms with Crippen LogP contribution in [0.1, 0.15) is 535 Å². The zero-order valence-electron chi connectivity index (χ0n) is 69.3. The molecule has 0 fully saturated rings. The molecule has 0 aliphatic heterocycles. The van der Waals surface area contributed by atoms with E-state index in [0.29, 0.717) is 19.3 Å². The summed E-state index contributed by atoms with van der Waals surface area (Å²) in [5.74, 6) is -1.58. The van der Waals surface area contributed by atoms with Gasteiger partial charge >= 0.3 is 23.9 Å². The van der Waals surface area contributed by atoms with Crippen LogP contribution in [0.4, 0.5) is 0 Å². The fourth-order valence-corrected chi connectivity index (χ4v) is 14.9. The first kappa shape index (κ1) is 98.9. The molecule has 8 nitrogen and oxygen atoms in total. The van der Waals surface area contributed by atoms with Gasteiger partial charge in [-0.3, -0.25) is 19.2 Å². The Morgan fingerprint density at radius 1 is 0.198 bits per heavy atom. The van der Waals surface area contributed by atoms with E-state index in [-0.39, 0.29) is 56.2 Å². The molecule has 0 aromatic heterocycles. The molecule has 0 rings (SSSR count). The molecule has 1 atom stereocenters. The quantitative estimate of drug-likeness (QED) is 0.0337. The SMILES string of the molecule is CCCCCCCCCCCCCCCCCCCCCC(=O)OCC(COC(=O)CCCCCCCCCCCCCCCCCCCCC)(COC(=O)CCCCCCCCCCCCCCCCCCCCC)COC(=O)C(C)CCCCCCCCCCCCCCCCCCC. The maximum atomic E-state index is 13.9. The second-order valence-corrected chi connectivity index (χ2v) is 32.8. The summed E-state index contributed by atoms with van der Waals surface area (Å²) in [5.41, 5.74) is -1.22. The monoisotopic (exact) mass is 1430 g/mol. The molecule has 0 bridgehead atoms. The molecular weight excluding hydrogens is 1250 g/mol. The Labute approximate surface area is 631 Å². The lowest BCUT2D eigenvalue weighted by atomic mass is 9.91. The van der Waals surface area contributed by atoms with Gasteiger partial charge in [0.05, 0.1) is 5.92 Å². The van der Waals surface area contributed by atoms with E-state index in [0.717, 1.165) is 77.0 Å². The zero-order chi connectivity index (χ0) is 73.2. The van der Waals surface area contributed by atoms with Gasteiger partial charge in [-0.1, -0.05) is 490 Å². The highest BCUT2D eigenvalue weighted by atomic mass is 16.6. The Hall–Kier alpha value is -2.12. The molecule has 0 heterocycles. The third-order valence-corrected chi connectivity index (χ3v) is 22.2. The molecule has 1 unspecified atom stereocenters. The molecule has 0 N–H and O–H groups in total. The van der Waals surface area contributed by atoms with Gasteiger partial charge in [0.25, 0.3) is 0 Å². The van der Waals surface area contributed by atoms with Crippen LogP contribution in [-0.2, 0) is 38.1 Å². The van der Waals surface area contributed by atoms with E-state index in [1.165, 1.54) is 405 Å². The number of ether oxygens (including phenoxy) is 4. The lowest BCUT2D eigenvalue weighted by Crippen LogP contribution is -2.44. The Kier molecular flexibility index (Phi) is 81.8. The molecule has 0 aliphatic carbocycles. The molecule has 600 valence electrons. The molecule has 0 radical (unpaired) electrons. The van der Waals surface area contributed by atoms with E-state index < -0.39 is 5.41 Å². The normalized spacial score (nSPS) is 12.0. The Balaban J connectivity index is 5.46. The zero-order valence-corrected chi connectivity index (χ0v) is 69.3. The number of unbranched alkanes of at least 4 members (excludes halogenated alkanes) is 70. The molecule has 101 heavy (non-hydrogen) atoms. The summed E-state index contributed by atoms with van der Waals surface area (Å²) in [7, 11) is 0. The minimum absolute atomic E-state index is 0.162. The smallest absolute Gasteiger partial charge is 0.308 e. The van der Waals surface area contributed by atoms with E-state index in [2.05, 4.69) is 27.7 Å². The van der Waals surface area contributed by atoms with Gasteiger partial charge in [0.1, 0.15) is 31.8 Å². The molecule has 0 saturated heterocycles. The number of rotatable bonds is 87. The maximum Gasteiger partial charge on any atom is 0.308 e. The Bertz CT molecular complexity index is 1520. The van der Waals surface area contributed by atoms with Gasteiger partial charge in [-0.15, -0.1) is 0 Å². The summed E-state index contributed by atoms with van der Waals surface area (Å²) in [6.45, 7) is 10.5. The summed E-state index contributed by atoms with van der Waals surface area (Å²) < 4.78 is 24.3. The second kappa shape index (κ2) is 83.5. The third-order valence-electron chi connectivity index (χ3n) is 22.2. The van der Waals surface area contributed by atoms with Crippen LogP contribution < -0.4 is 0 Å². The van der Waals surface area contributed by atoms with Crippen LogP contribution in [0.5, 0.6) is 0 Å². The molecular formula is C93H180O8. The van der Waals surface area contributed by atoms with Crippen LogP contribution in [0.25, 0.3) is 0 Å². The van der Waals surface area contributed by atoms with Gasteiger partial charge in [0, 0.05) is 19.3 Å². The van der Waals surface area contributed by atoms with Crippen molar-refractivity contribution in [1.29, 1.82) is 0 Å². The summed E-state index contributed by atoms with van der Waals surface area (Å²) in [6.07, 6.45) is 97.7. The number of hydrogen-bond acceptors (Lipinski definition) is 8. The highest BCUT2D eigenvalue weighted by Gasteiger charge is 2.38. The molecule has 0 amide bonds. The van der Waals surface area contributed by atoms with Gasteiger partial charge in [0.2, 0.25) is 0 Å². The maximum absolute atomic E-state index is 13.9. The summed E-state index contributed by atoms with van der Waals surface area (Å²) in [4.78, 5) is 54.6. The minimum atomic E-state index is -1.22. The molecule has 0 aromatic carbocycles. The lowest BCUT2D eigenvalue weighted by Gasteiger charge is -2.32. The average molecular weight is 1430 g/mol. The third kappa shape index (κ3) is 77.3. The molecule has 0 aromatic rings. The van der Waals surface area contributed by atoms with Crippen LogP contribution in [0.3, 0.4) is 0 Å². The predicted octanol–water partition coefficient (Wildman–Crippen LogP) is 31.3. The van der Waals surface area contributed by atoms with Crippen LogP contribution in [0.2, 0.25) is 0 Å². The number of esters is 4. The predicted molar refractivity (Wildman–Crippen MR) is 438 cm³/mol. The van der Waals surface area contributed by atoms with E-state index in [1.807, 2.05) is 6.92 Å². The highest BCUT2D eigenvalue weighted by molar-refractivity contribution is 5.72. The average Bonchev–Trinajstić information content (AvgIpc) is 0.896. The van der Waals surface area contributed by atoms with Gasteiger partial charge < -0.3 is 18.9 Å². The summed E-state index contributed by atoms with van der Waals surface area (Å²) in [5, 5.41) is 0. The van der Waals surface area contributed by atoms with Crippen molar-refractivity contribution in [3.8, 4) is 0 Å². The molecule has 8 heteroatoms. The fourth-order valence-electron chi connectivity index (χ4n) is 14.9. The van der Waals surface area contributed by atoms with Crippen molar-refractivity contribution in [2.45, 2.75) is 535 Å². The van der Waals surface area contributed by atoms with Crippen LogP contribution >= 0.6 is 0 Å². The van der Waals surface area contributed by atoms with Crippen LogP contribution in [-0.4, -0.2) is 50.3 Å². The van der Waals surface area contributed by atoms with E-state index >= 15 is 0 Å².